The Labute approximate surface area is 157 Å². The monoisotopic (exact) mass is 412 g/mol. The summed E-state index contributed by atoms with van der Waals surface area (Å²) in [5, 5.41) is 7.74. The van der Waals surface area contributed by atoms with Gasteiger partial charge in [-0.2, -0.15) is 5.10 Å². The number of rotatable bonds is 3. The molecule has 1 aromatic heterocycles. The normalized spacial score (nSPS) is 15.0. The molecule has 0 radical (unpaired) electrons. The Morgan fingerprint density at radius 2 is 2.08 bits per heavy atom. The van der Waals surface area contributed by atoms with Crippen LogP contribution in [0.15, 0.2) is 34.9 Å². The zero-order valence-corrected chi connectivity index (χ0v) is 16.2. The quantitative estimate of drug-likeness (QED) is 0.841. The SMILES string of the molecule is Cc1c(C(=O)N(C)C2CCNCC2)cnn1-c1cccc(Br)c1.Cl. The molecule has 0 aliphatic carbocycles. The van der Waals surface area contributed by atoms with Gasteiger partial charge in [0.2, 0.25) is 0 Å². The zero-order valence-electron chi connectivity index (χ0n) is 13.8. The molecule has 2 aromatic rings. The van der Waals surface area contributed by atoms with E-state index in [0.717, 1.165) is 41.8 Å². The summed E-state index contributed by atoms with van der Waals surface area (Å²) in [5.41, 5.74) is 2.49. The van der Waals surface area contributed by atoms with E-state index in [2.05, 4.69) is 26.3 Å². The minimum atomic E-state index is 0. The number of hydrogen-bond donors (Lipinski definition) is 1. The van der Waals surface area contributed by atoms with Crippen LogP contribution in [0.25, 0.3) is 5.69 Å². The van der Waals surface area contributed by atoms with Crippen molar-refractivity contribution in [3.8, 4) is 5.69 Å². The van der Waals surface area contributed by atoms with Gasteiger partial charge in [0.1, 0.15) is 0 Å². The van der Waals surface area contributed by atoms with Crippen LogP contribution in [-0.2, 0) is 0 Å². The third-order valence-electron chi connectivity index (χ3n) is 4.47. The van der Waals surface area contributed by atoms with Gasteiger partial charge in [-0.15, -0.1) is 12.4 Å². The average molecular weight is 414 g/mol. The van der Waals surface area contributed by atoms with Crippen LogP contribution in [0.3, 0.4) is 0 Å². The molecule has 1 saturated heterocycles. The van der Waals surface area contributed by atoms with Crippen LogP contribution >= 0.6 is 28.3 Å². The zero-order chi connectivity index (χ0) is 16.4. The first-order valence-corrected chi connectivity index (χ1v) is 8.65. The second kappa shape index (κ2) is 8.14. The van der Waals surface area contributed by atoms with E-state index in [1.54, 1.807) is 6.20 Å². The Kier molecular flexibility index (Phi) is 6.43. The molecule has 1 N–H and O–H groups in total. The fraction of sp³-hybridized carbons (Fsp3) is 0.412. The molecule has 0 bridgehead atoms. The fourth-order valence-corrected chi connectivity index (χ4v) is 3.42. The number of nitrogens with one attached hydrogen (secondary N) is 1. The van der Waals surface area contributed by atoms with Crippen molar-refractivity contribution in [2.45, 2.75) is 25.8 Å². The van der Waals surface area contributed by atoms with Gasteiger partial charge in [0.05, 0.1) is 23.1 Å². The smallest absolute Gasteiger partial charge is 0.257 e. The molecule has 1 fully saturated rings. The molecular weight excluding hydrogens is 392 g/mol. The maximum absolute atomic E-state index is 12.8. The van der Waals surface area contributed by atoms with E-state index in [4.69, 9.17) is 0 Å². The Morgan fingerprint density at radius 3 is 2.75 bits per heavy atom. The van der Waals surface area contributed by atoms with Crippen LogP contribution < -0.4 is 5.32 Å². The molecule has 0 saturated carbocycles. The summed E-state index contributed by atoms with van der Waals surface area (Å²) in [6.07, 6.45) is 3.68. The van der Waals surface area contributed by atoms with Gasteiger partial charge in [-0.05, 0) is 51.1 Å². The van der Waals surface area contributed by atoms with E-state index in [0.29, 0.717) is 11.6 Å². The first-order chi connectivity index (χ1) is 11.1. The molecule has 24 heavy (non-hydrogen) atoms. The Hall–Kier alpha value is -1.37. The summed E-state index contributed by atoms with van der Waals surface area (Å²) in [7, 11) is 1.90. The van der Waals surface area contributed by atoms with Crippen LogP contribution in [0.5, 0.6) is 0 Å². The van der Waals surface area contributed by atoms with Crippen molar-refractivity contribution < 1.29 is 4.79 Å². The van der Waals surface area contributed by atoms with Crippen molar-refractivity contribution in [3.05, 3.63) is 46.2 Å². The molecule has 3 rings (SSSR count). The Balaban J connectivity index is 0.00000208. The van der Waals surface area contributed by atoms with Gasteiger partial charge < -0.3 is 10.2 Å². The maximum Gasteiger partial charge on any atom is 0.257 e. The van der Waals surface area contributed by atoms with Crippen LogP contribution in [-0.4, -0.2) is 46.8 Å². The maximum atomic E-state index is 12.8. The van der Waals surface area contributed by atoms with E-state index in [1.165, 1.54) is 0 Å². The van der Waals surface area contributed by atoms with E-state index in [9.17, 15) is 4.79 Å². The highest BCUT2D eigenvalue weighted by atomic mass is 79.9. The van der Waals surface area contributed by atoms with Crippen LogP contribution in [0.2, 0.25) is 0 Å². The summed E-state index contributed by atoms with van der Waals surface area (Å²) in [6, 6.07) is 8.21. The van der Waals surface area contributed by atoms with Gasteiger partial charge in [-0.25, -0.2) is 4.68 Å². The second-order valence-electron chi connectivity index (χ2n) is 5.93. The second-order valence-corrected chi connectivity index (χ2v) is 6.85. The lowest BCUT2D eigenvalue weighted by molar-refractivity contribution is 0.0702. The van der Waals surface area contributed by atoms with Gasteiger partial charge in [0.25, 0.3) is 5.91 Å². The van der Waals surface area contributed by atoms with Gasteiger partial charge in [-0.1, -0.05) is 22.0 Å². The summed E-state index contributed by atoms with van der Waals surface area (Å²) >= 11 is 3.47. The number of hydrogen-bond acceptors (Lipinski definition) is 3. The average Bonchev–Trinajstić information content (AvgIpc) is 2.96. The topological polar surface area (TPSA) is 50.2 Å². The van der Waals surface area contributed by atoms with Crippen molar-refractivity contribution in [3.63, 3.8) is 0 Å². The van der Waals surface area contributed by atoms with Crippen LogP contribution in [0.4, 0.5) is 0 Å². The third kappa shape index (κ3) is 3.82. The highest BCUT2D eigenvalue weighted by molar-refractivity contribution is 9.10. The Bertz CT molecular complexity index is 712. The number of piperidine rings is 1. The number of halogens is 2. The van der Waals surface area contributed by atoms with Gasteiger partial charge in [0, 0.05) is 17.6 Å². The van der Waals surface area contributed by atoms with E-state index in [-0.39, 0.29) is 18.3 Å². The lowest BCUT2D eigenvalue weighted by Crippen LogP contribution is -2.44. The molecule has 130 valence electrons. The fourth-order valence-electron chi connectivity index (χ4n) is 3.04. The van der Waals surface area contributed by atoms with Gasteiger partial charge >= 0.3 is 0 Å². The molecule has 7 heteroatoms. The minimum absolute atomic E-state index is 0. The molecule has 1 aliphatic rings. The minimum Gasteiger partial charge on any atom is -0.339 e. The summed E-state index contributed by atoms with van der Waals surface area (Å²) in [6.45, 7) is 3.88. The molecule has 0 unspecified atom stereocenters. The van der Waals surface area contributed by atoms with Crippen LogP contribution in [0, 0.1) is 6.92 Å². The molecule has 0 atom stereocenters. The Morgan fingerprint density at radius 1 is 1.38 bits per heavy atom. The highest BCUT2D eigenvalue weighted by Crippen LogP contribution is 2.20. The van der Waals surface area contributed by atoms with Crippen LogP contribution in [0.1, 0.15) is 28.9 Å². The number of nitrogens with zero attached hydrogens (tertiary/aromatic N) is 3. The van der Waals surface area contributed by atoms with E-state index in [1.807, 2.05) is 47.8 Å². The molecule has 1 amide bonds. The lowest BCUT2D eigenvalue weighted by atomic mass is 10.0. The third-order valence-corrected chi connectivity index (χ3v) is 4.96. The highest BCUT2D eigenvalue weighted by Gasteiger charge is 2.25. The van der Waals surface area contributed by atoms with Crippen molar-refractivity contribution in [1.29, 1.82) is 0 Å². The predicted octanol–water partition coefficient (Wildman–Crippen LogP) is 3.19. The van der Waals surface area contributed by atoms with Gasteiger partial charge in [0.15, 0.2) is 0 Å². The van der Waals surface area contributed by atoms with Gasteiger partial charge in [-0.3, -0.25) is 4.79 Å². The molecule has 1 aromatic carbocycles. The first kappa shape index (κ1) is 19.0. The summed E-state index contributed by atoms with van der Waals surface area (Å²) in [5.74, 6) is 0.0515. The summed E-state index contributed by atoms with van der Waals surface area (Å²) in [4.78, 5) is 14.7. The van der Waals surface area contributed by atoms with Crippen molar-refractivity contribution in [2.24, 2.45) is 0 Å². The van der Waals surface area contributed by atoms with Crippen molar-refractivity contribution >= 4 is 34.2 Å². The van der Waals surface area contributed by atoms with Crippen molar-refractivity contribution in [2.75, 3.05) is 20.1 Å². The van der Waals surface area contributed by atoms with E-state index >= 15 is 0 Å². The lowest BCUT2D eigenvalue weighted by Gasteiger charge is -2.31. The number of aromatic nitrogens is 2. The predicted molar refractivity (Wildman–Crippen MR) is 101 cm³/mol. The molecular formula is C17H22BrClN4O. The van der Waals surface area contributed by atoms with Crippen molar-refractivity contribution in [1.82, 2.24) is 20.0 Å². The molecule has 2 heterocycles. The number of amides is 1. The summed E-state index contributed by atoms with van der Waals surface area (Å²) < 4.78 is 2.80. The van der Waals surface area contributed by atoms with E-state index < -0.39 is 0 Å². The first-order valence-electron chi connectivity index (χ1n) is 7.86. The number of benzene rings is 1. The standard InChI is InChI=1S/C17H21BrN4O.ClH/c1-12-16(17(23)21(2)14-6-8-19-9-7-14)11-20-22(12)15-5-3-4-13(18)10-15;/h3-5,10-11,14,19H,6-9H2,1-2H3;1H. The molecule has 1 aliphatic heterocycles. The number of carbonyl (C=O) groups is 1. The largest absolute Gasteiger partial charge is 0.339 e. The molecule has 0 spiro atoms. The number of carbonyl (C=O) groups excluding carboxylic acids is 1. The molecule has 5 nitrogen and oxygen atoms in total.